The highest BCUT2D eigenvalue weighted by Gasteiger charge is 2.06. The Morgan fingerprint density at radius 3 is 2.64 bits per heavy atom. The van der Waals surface area contributed by atoms with Crippen molar-refractivity contribution < 1.29 is 9.50 Å². The van der Waals surface area contributed by atoms with E-state index in [1.165, 1.54) is 17.8 Å². The van der Waals surface area contributed by atoms with E-state index < -0.39 is 5.82 Å². The molecule has 0 radical (unpaired) electrons. The summed E-state index contributed by atoms with van der Waals surface area (Å²) >= 11 is 4.46. The molecule has 0 fully saturated rings. The first-order valence-electron chi connectivity index (χ1n) is 2.87. The third-order valence-corrected chi connectivity index (χ3v) is 2.54. The van der Waals surface area contributed by atoms with Crippen LogP contribution < -0.4 is 0 Å². The van der Waals surface area contributed by atoms with Crippen LogP contribution >= 0.6 is 27.7 Å². The topological polar surface area (TPSA) is 20.2 Å². The second-order valence-electron chi connectivity index (χ2n) is 1.94. The Morgan fingerprint density at radius 2 is 2.18 bits per heavy atom. The second kappa shape index (κ2) is 3.45. The number of halogens is 2. The van der Waals surface area contributed by atoms with Crippen molar-refractivity contribution in [3.63, 3.8) is 0 Å². The summed E-state index contributed by atoms with van der Waals surface area (Å²) in [5.41, 5.74) is 0. The molecule has 0 spiro atoms. The molecule has 0 aromatic heterocycles. The van der Waals surface area contributed by atoms with Gasteiger partial charge in [-0.05, 0) is 34.3 Å². The van der Waals surface area contributed by atoms with E-state index in [2.05, 4.69) is 15.9 Å². The largest absolute Gasteiger partial charge is 0.504 e. The smallest absolute Gasteiger partial charge is 0.167 e. The summed E-state index contributed by atoms with van der Waals surface area (Å²) in [6.45, 7) is 0. The maximum absolute atomic E-state index is 12.7. The molecule has 1 nitrogen and oxygen atoms in total. The molecule has 1 aromatic rings. The standard InChI is InChI=1S/C7H6BrFOS/c1-11-4-2-5(8)7(10)6(9)3-4/h2-3,10H,1H3. The van der Waals surface area contributed by atoms with Crippen molar-refractivity contribution in [3.8, 4) is 5.75 Å². The first-order chi connectivity index (χ1) is 5.15. The maximum Gasteiger partial charge on any atom is 0.167 e. The van der Waals surface area contributed by atoms with Crippen molar-refractivity contribution in [2.24, 2.45) is 0 Å². The summed E-state index contributed by atoms with van der Waals surface area (Å²) in [6, 6.07) is 2.97. The van der Waals surface area contributed by atoms with Crippen LogP contribution in [0.15, 0.2) is 21.5 Å². The summed E-state index contributed by atoms with van der Waals surface area (Å²) in [4.78, 5) is 0.784. The Kier molecular flexibility index (Phi) is 2.78. The average Bonchev–Trinajstić information content (AvgIpc) is 1.99. The van der Waals surface area contributed by atoms with Crippen molar-refractivity contribution in [2.75, 3.05) is 6.26 Å². The normalized spacial score (nSPS) is 10.1. The molecule has 0 saturated heterocycles. The Labute approximate surface area is 76.7 Å². The average molecular weight is 237 g/mol. The third kappa shape index (κ3) is 1.87. The second-order valence-corrected chi connectivity index (χ2v) is 3.67. The number of hydrogen-bond acceptors (Lipinski definition) is 2. The number of phenols is 1. The molecule has 0 saturated carbocycles. The van der Waals surface area contributed by atoms with Crippen LogP contribution in [0.5, 0.6) is 5.75 Å². The van der Waals surface area contributed by atoms with Crippen molar-refractivity contribution in [1.82, 2.24) is 0 Å². The van der Waals surface area contributed by atoms with E-state index in [1.807, 2.05) is 6.26 Å². The Balaban J connectivity index is 3.21. The zero-order chi connectivity index (χ0) is 8.43. The SMILES string of the molecule is CSc1cc(F)c(O)c(Br)c1. The first-order valence-corrected chi connectivity index (χ1v) is 4.89. The fourth-order valence-corrected chi connectivity index (χ4v) is 1.70. The minimum absolute atomic E-state index is 0.331. The van der Waals surface area contributed by atoms with E-state index in [0.717, 1.165) is 4.90 Å². The molecule has 0 bridgehead atoms. The molecule has 0 aliphatic rings. The van der Waals surface area contributed by atoms with Gasteiger partial charge in [0.1, 0.15) is 0 Å². The lowest BCUT2D eigenvalue weighted by Crippen LogP contribution is -1.79. The molecule has 0 aliphatic carbocycles. The van der Waals surface area contributed by atoms with Gasteiger partial charge in [0.25, 0.3) is 0 Å². The number of rotatable bonds is 1. The molecule has 60 valence electrons. The lowest BCUT2D eigenvalue weighted by atomic mass is 10.3. The van der Waals surface area contributed by atoms with Crippen molar-refractivity contribution in [3.05, 3.63) is 22.4 Å². The summed E-state index contributed by atoms with van der Waals surface area (Å²) in [7, 11) is 0. The molecule has 0 atom stereocenters. The van der Waals surface area contributed by atoms with E-state index >= 15 is 0 Å². The molecular weight excluding hydrogens is 231 g/mol. The highest BCUT2D eigenvalue weighted by Crippen LogP contribution is 2.31. The fraction of sp³-hybridized carbons (Fsp3) is 0.143. The van der Waals surface area contributed by atoms with Gasteiger partial charge in [0, 0.05) is 4.90 Å². The van der Waals surface area contributed by atoms with E-state index in [4.69, 9.17) is 5.11 Å². The predicted molar refractivity (Wildman–Crippen MR) is 47.5 cm³/mol. The number of hydrogen-bond donors (Lipinski definition) is 1. The number of phenolic OH excluding ortho intramolecular Hbond substituents is 1. The summed E-state index contributed by atoms with van der Waals surface area (Å²) in [5, 5.41) is 9.00. The molecule has 4 heteroatoms. The van der Waals surface area contributed by atoms with Crippen LogP contribution in [-0.4, -0.2) is 11.4 Å². The quantitative estimate of drug-likeness (QED) is 0.757. The van der Waals surface area contributed by atoms with Gasteiger partial charge >= 0.3 is 0 Å². The Hall–Kier alpha value is -0.220. The third-order valence-electron chi connectivity index (χ3n) is 1.23. The Morgan fingerprint density at radius 1 is 1.55 bits per heavy atom. The molecule has 0 aliphatic heterocycles. The molecule has 0 unspecified atom stereocenters. The number of benzene rings is 1. The van der Waals surface area contributed by atoms with Crippen LogP contribution in [0.1, 0.15) is 0 Å². The lowest BCUT2D eigenvalue weighted by molar-refractivity contribution is 0.428. The number of aromatic hydroxyl groups is 1. The minimum Gasteiger partial charge on any atom is -0.504 e. The zero-order valence-electron chi connectivity index (χ0n) is 5.77. The van der Waals surface area contributed by atoms with Gasteiger partial charge in [-0.25, -0.2) is 4.39 Å². The lowest BCUT2D eigenvalue weighted by Gasteiger charge is -2.00. The van der Waals surface area contributed by atoms with Gasteiger partial charge in [-0.15, -0.1) is 11.8 Å². The molecule has 0 heterocycles. The van der Waals surface area contributed by atoms with E-state index in [9.17, 15) is 4.39 Å². The fourth-order valence-electron chi connectivity index (χ4n) is 0.660. The maximum atomic E-state index is 12.7. The molecule has 1 aromatic carbocycles. The van der Waals surface area contributed by atoms with Crippen LogP contribution in [0.3, 0.4) is 0 Å². The zero-order valence-corrected chi connectivity index (χ0v) is 8.17. The highest BCUT2D eigenvalue weighted by molar-refractivity contribution is 9.10. The van der Waals surface area contributed by atoms with Crippen LogP contribution in [0, 0.1) is 5.82 Å². The van der Waals surface area contributed by atoms with Gasteiger partial charge in [-0.2, -0.15) is 0 Å². The van der Waals surface area contributed by atoms with Crippen molar-refractivity contribution in [1.29, 1.82) is 0 Å². The highest BCUT2D eigenvalue weighted by atomic mass is 79.9. The van der Waals surface area contributed by atoms with Crippen molar-refractivity contribution in [2.45, 2.75) is 4.90 Å². The molecular formula is C7H6BrFOS. The van der Waals surface area contributed by atoms with E-state index in [0.29, 0.717) is 4.47 Å². The van der Waals surface area contributed by atoms with Gasteiger partial charge in [0.2, 0.25) is 0 Å². The summed E-state index contributed by atoms with van der Waals surface area (Å²) in [6.07, 6.45) is 1.85. The first kappa shape index (κ1) is 8.87. The van der Waals surface area contributed by atoms with Crippen molar-refractivity contribution >= 4 is 27.7 Å². The number of thioether (sulfide) groups is 1. The van der Waals surface area contributed by atoms with Crippen LogP contribution in [0.2, 0.25) is 0 Å². The minimum atomic E-state index is -0.594. The summed E-state index contributed by atoms with van der Waals surface area (Å²) < 4.78 is 13.1. The summed E-state index contributed by atoms with van der Waals surface area (Å²) in [5.74, 6) is -0.925. The predicted octanol–water partition coefficient (Wildman–Crippen LogP) is 3.02. The van der Waals surface area contributed by atoms with Crippen LogP contribution in [0.4, 0.5) is 4.39 Å². The van der Waals surface area contributed by atoms with Gasteiger partial charge in [-0.1, -0.05) is 0 Å². The van der Waals surface area contributed by atoms with E-state index in [1.54, 1.807) is 6.07 Å². The molecule has 11 heavy (non-hydrogen) atoms. The molecule has 1 rings (SSSR count). The van der Waals surface area contributed by atoms with Gasteiger partial charge in [0.05, 0.1) is 4.47 Å². The van der Waals surface area contributed by atoms with Gasteiger partial charge in [-0.3, -0.25) is 0 Å². The monoisotopic (exact) mass is 236 g/mol. The van der Waals surface area contributed by atoms with Crippen LogP contribution in [-0.2, 0) is 0 Å². The van der Waals surface area contributed by atoms with E-state index in [-0.39, 0.29) is 5.75 Å². The molecule has 1 N–H and O–H groups in total. The van der Waals surface area contributed by atoms with Gasteiger partial charge in [0.15, 0.2) is 11.6 Å². The molecule has 0 amide bonds. The van der Waals surface area contributed by atoms with Crippen LogP contribution in [0.25, 0.3) is 0 Å². The Bertz CT molecular complexity index is 254. The van der Waals surface area contributed by atoms with Gasteiger partial charge < -0.3 is 5.11 Å².